The molecule has 0 heterocycles. The van der Waals surface area contributed by atoms with E-state index in [0.717, 1.165) is 24.8 Å². The summed E-state index contributed by atoms with van der Waals surface area (Å²) in [6, 6.07) is 21.5. The van der Waals surface area contributed by atoms with E-state index in [1.165, 1.54) is 30.6 Å². The van der Waals surface area contributed by atoms with Crippen molar-refractivity contribution in [2.24, 2.45) is 0 Å². The Bertz CT molecular complexity index is 1270. The maximum atomic E-state index is 13.4. The van der Waals surface area contributed by atoms with Crippen molar-refractivity contribution < 1.29 is 17.9 Å². The number of hydrogen-bond acceptors (Lipinski definition) is 4. The fourth-order valence-electron chi connectivity index (χ4n) is 4.24. The summed E-state index contributed by atoms with van der Waals surface area (Å²) in [6.45, 7) is 1.81. The van der Waals surface area contributed by atoms with Crippen LogP contribution in [0.2, 0.25) is 0 Å². The molecule has 0 aromatic heterocycles. The average Bonchev–Trinajstić information content (AvgIpc) is 2.81. The van der Waals surface area contributed by atoms with E-state index >= 15 is 0 Å². The lowest BCUT2D eigenvalue weighted by molar-refractivity contribution is 0.0822. The summed E-state index contributed by atoms with van der Waals surface area (Å²) in [5, 5.41) is 3.19. The molecule has 1 N–H and O–H groups in total. The summed E-state index contributed by atoms with van der Waals surface area (Å²) in [5.74, 6) is 0.177. The third-order valence-electron chi connectivity index (χ3n) is 6.42. The molecule has 0 aliphatic heterocycles. The number of nitrogens with zero attached hydrogens (tertiary/aromatic N) is 1. The molecule has 1 fully saturated rings. The molecule has 172 valence electrons. The van der Waals surface area contributed by atoms with E-state index in [1.54, 1.807) is 30.3 Å². The Morgan fingerprint density at radius 1 is 1.00 bits per heavy atom. The van der Waals surface area contributed by atoms with Crippen LogP contribution in [-0.2, 0) is 15.6 Å². The van der Waals surface area contributed by atoms with Gasteiger partial charge in [-0.1, -0.05) is 48.5 Å². The van der Waals surface area contributed by atoms with Crippen LogP contribution in [0.25, 0.3) is 0 Å². The Balaban J connectivity index is 1.66. The van der Waals surface area contributed by atoms with Gasteiger partial charge in [0.1, 0.15) is 5.75 Å². The first-order valence-electron chi connectivity index (χ1n) is 10.9. The molecular formula is C26H28N2O4S. The zero-order valence-corrected chi connectivity index (χ0v) is 19.9. The number of nitrogens with one attached hydrogen (secondary N) is 1. The van der Waals surface area contributed by atoms with Crippen molar-refractivity contribution >= 4 is 21.6 Å². The lowest BCUT2D eigenvalue weighted by atomic mass is 9.71. The SMILES string of the molecule is COc1ccccc1N(C)S(=O)(=O)c1ccc(C)c(C(=O)NC2(c3ccccc3)CCC2)c1. The van der Waals surface area contributed by atoms with Gasteiger partial charge in [-0.2, -0.15) is 0 Å². The van der Waals surface area contributed by atoms with Crippen molar-refractivity contribution in [2.75, 3.05) is 18.5 Å². The van der Waals surface area contributed by atoms with Gasteiger partial charge in [0.2, 0.25) is 0 Å². The lowest BCUT2D eigenvalue weighted by Crippen LogP contribution is -2.50. The van der Waals surface area contributed by atoms with Crippen molar-refractivity contribution in [3.63, 3.8) is 0 Å². The van der Waals surface area contributed by atoms with Crippen LogP contribution < -0.4 is 14.4 Å². The van der Waals surface area contributed by atoms with Gasteiger partial charge in [-0.05, 0) is 61.6 Å². The minimum absolute atomic E-state index is 0.0500. The number of carbonyl (C=O) groups excluding carboxylic acids is 1. The third kappa shape index (κ3) is 4.20. The predicted octanol–water partition coefficient (Wildman–Crippen LogP) is 4.64. The number of rotatable bonds is 7. The zero-order chi connectivity index (χ0) is 23.6. The highest BCUT2D eigenvalue weighted by atomic mass is 32.2. The van der Waals surface area contributed by atoms with Crippen molar-refractivity contribution in [1.29, 1.82) is 0 Å². The second kappa shape index (κ2) is 8.90. The van der Waals surface area contributed by atoms with Crippen LogP contribution >= 0.6 is 0 Å². The van der Waals surface area contributed by atoms with E-state index < -0.39 is 15.6 Å². The number of carbonyl (C=O) groups is 1. The van der Waals surface area contributed by atoms with Crippen LogP contribution in [0.15, 0.2) is 77.7 Å². The minimum Gasteiger partial charge on any atom is -0.495 e. The Kier molecular flexibility index (Phi) is 6.17. The maximum Gasteiger partial charge on any atom is 0.264 e. The van der Waals surface area contributed by atoms with Crippen LogP contribution in [0.4, 0.5) is 5.69 Å². The molecular weight excluding hydrogens is 436 g/mol. The quantitative estimate of drug-likeness (QED) is 0.553. The molecule has 1 amide bonds. The maximum absolute atomic E-state index is 13.4. The van der Waals surface area contributed by atoms with Gasteiger partial charge in [0, 0.05) is 12.6 Å². The molecule has 6 nitrogen and oxygen atoms in total. The van der Waals surface area contributed by atoms with Crippen LogP contribution in [-0.4, -0.2) is 28.5 Å². The van der Waals surface area contributed by atoms with Crippen molar-refractivity contribution in [3.05, 3.63) is 89.5 Å². The molecule has 0 radical (unpaired) electrons. The molecule has 4 rings (SSSR count). The van der Waals surface area contributed by atoms with Gasteiger partial charge in [0.15, 0.2) is 0 Å². The number of methoxy groups -OCH3 is 1. The molecule has 1 aliphatic rings. The Labute approximate surface area is 195 Å². The largest absolute Gasteiger partial charge is 0.495 e. The van der Waals surface area contributed by atoms with E-state index in [0.29, 0.717) is 22.6 Å². The minimum atomic E-state index is -3.91. The smallest absolute Gasteiger partial charge is 0.264 e. The molecule has 0 saturated heterocycles. The standard InChI is InChI=1S/C26H28N2O4S/c1-19-14-15-21(33(30,31)28(2)23-12-7-8-13-24(23)32-3)18-22(19)25(29)27-26(16-9-17-26)20-10-5-4-6-11-20/h4-8,10-15,18H,9,16-17H2,1-3H3,(H,27,29). The average molecular weight is 465 g/mol. The number of benzene rings is 3. The predicted molar refractivity (Wildman–Crippen MR) is 129 cm³/mol. The molecule has 7 heteroatoms. The number of amides is 1. The van der Waals surface area contributed by atoms with Crippen LogP contribution in [0, 0.1) is 6.92 Å². The molecule has 1 saturated carbocycles. The van der Waals surface area contributed by atoms with Gasteiger partial charge in [-0.15, -0.1) is 0 Å². The molecule has 1 aliphatic carbocycles. The molecule has 0 unspecified atom stereocenters. The van der Waals surface area contributed by atoms with E-state index in [2.05, 4.69) is 5.32 Å². The lowest BCUT2D eigenvalue weighted by Gasteiger charge is -2.43. The van der Waals surface area contributed by atoms with Gasteiger partial charge in [-0.25, -0.2) is 8.42 Å². The van der Waals surface area contributed by atoms with E-state index in [4.69, 9.17) is 4.74 Å². The first-order chi connectivity index (χ1) is 15.8. The van der Waals surface area contributed by atoms with E-state index in [-0.39, 0.29) is 10.8 Å². The van der Waals surface area contributed by atoms with Crippen molar-refractivity contribution in [1.82, 2.24) is 5.32 Å². The Morgan fingerprint density at radius 2 is 1.67 bits per heavy atom. The van der Waals surface area contributed by atoms with Crippen LogP contribution in [0.5, 0.6) is 5.75 Å². The topological polar surface area (TPSA) is 75.7 Å². The Hall–Kier alpha value is -3.32. The molecule has 0 bridgehead atoms. The summed E-state index contributed by atoms with van der Waals surface area (Å²) in [4.78, 5) is 13.4. The normalized spacial score (nSPS) is 14.8. The van der Waals surface area contributed by atoms with Gasteiger partial charge in [0.05, 0.1) is 23.2 Å². The highest BCUT2D eigenvalue weighted by molar-refractivity contribution is 7.92. The number of sulfonamides is 1. The number of ether oxygens (including phenoxy) is 1. The van der Waals surface area contributed by atoms with Gasteiger partial charge in [-0.3, -0.25) is 9.10 Å². The number of hydrogen-bond donors (Lipinski definition) is 1. The monoisotopic (exact) mass is 464 g/mol. The first-order valence-corrected chi connectivity index (χ1v) is 12.3. The third-order valence-corrected chi connectivity index (χ3v) is 8.19. The molecule has 33 heavy (non-hydrogen) atoms. The van der Waals surface area contributed by atoms with Crippen molar-refractivity contribution in [3.8, 4) is 5.75 Å². The number of aryl methyl sites for hydroxylation is 1. The summed E-state index contributed by atoms with van der Waals surface area (Å²) in [6.07, 6.45) is 2.75. The fraction of sp³-hybridized carbons (Fsp3) is 0.269. The summed E-state index contributed by atoms with van der Waals surface area (Å²) >= 11 is 0. The molecule has 3 aromatic rings. The van der Waals surface area contributed by atoms with Crippen molar-refractivity contribution in [2.45, 2.75) is 36.6 Å². The van der Waals surface area contributed by atoms with Gasteiger partial charge in [0.25, 0.3) is 15.9 Å². The summed E-state index contributed by atoms with van der Waals surface area (Å²) in [5.41, 5.74) is 2.15. The molecule has 3 aromatic carbocycles. The number of anilines is 1. The molecule has 0 spiro atoms. The summed E-state index contributed by atoms with van der Waals surface area (Å²) < 4.78 is 33.3. The zero-order valence-electron chi connectivity index (χ0n) is 19.0. The van der Waals surface area contributed by atoms with Crippen LogP contribution in [0.1, 0.15) is 40.7 Å². The van der Waals surface area contributed by atoms with E-state index in [1.807, 2.05) is 37.3 Å². The number of para-hydroxylation sites is 2. The summed E-state index contributed by atoms with van der Waals surface area (Å²) in [7, 11) is -0.937. The highest BCUT2D eigenvalue weighted by Gasteiger charge is 2.40. The van der Waals surface area contributed by atoms with E-state index in [9.17, 15) is 13.2 Å². The fourth-order valence-corrected chi connectivity index (χ4v) is 5.47. The van der Waals surface area contributed by atoms with Gasteiger partial charge >= 0.3 is 0 Å². The first kappa shape index (κ1) is 22.9. The van der Waals surface area contributed by atoms with Crippen LogP contribution in [0.3, 0.4) is 0 Å². The second-order valence-electron chi connectivity index (χ2n) is 8.38. The highest BCUT2D eigenvalue weighted by Crippen LogP contribution is 2.41. The Morgan fingerprint density at radius 3 is 2.30 bits per heavy atom. The molecule has 0 atom stereocenters. The second-order valence-corrected chi connectivity index (χ2v) is 10.3. The van der Waals surface area contributed by atoms with Gasteiger partial charge < -0.3 is 10.1 Å².